The lowest BCUT2D eigenvalue weighted by Gasteiger charge is -2.09. The summed E-state index contributed by atoms with van der Waals surface area (Å²) < 4.78 is 1.32. The minimum atomic E-state index is 0.872. The molecule has 1 aromatic heterocycles. The normalized spacial score (nSPS) is 11.0. The second-order valence-electron chi connectivity index (χ2n) is 5.67. The van der Waals surface area contributed by atoms with E-state index in [1.54, 1.807) is 0 Å². The van der Waals surface area contributed by atoms with E-state index in [0.29, 0.717) is 0 Å². The van der Waals surface area contributed by atoms with Crippen LogP contribution in [-0.2, 0) is 13.1 Å². The van der Waals surface area contributed by atoms with E-state index in [1.807, 2.05) is 12.3 Å². The summed E-state index contributed by atoms with van der Waals surface area (Å²) in [6.45, 7) is 6.05. The quantitative estimate of drug-likeness (QED) is 0.638. The SMILES string of the molecule is Cc1cc(CNCc2cc(C)c3ncccc3c2)ccc1I. The highest BCUT2D eigenvalue weighted by Crippen LogP contribution is 2.18. The van der Waals surface area contributed by atoms with Crippen LogP contribution in [0.15, 0.2) is 48.7 Å². The maximum atomic E-state index is 4.45. The molecule has 1 N–H and O–H groups in total. The zero-order valence-electron chi connectivity index (χ0n) is 12.9. The monoisotopic (exact) mass is 402 g/mol. The smallest absolute Gasteiger partial charge is 0.0731 e. The van der Waals surface area contributed by atoms with Crippen molar-refractivity contribution in [2.75, 3.05) is 0 Å². The molecule has 0 saturated heterocycles. The predicted octanol–water partition coefficient (Wildman–Crippen LogP) is 4.75. The van der Waals surface area contributed by atoms with Crippen LogP contribution in [0, 0.1) is 17.4 Å². The molecule has 3 heteroatoms. The number of halogens is 1. The first kappa shape index (κ1) is 15.4. The fraction of sp³-hybridized carbons (Fsp3) is 0.211. The molecule has 0 aliphatic heterocycles. The fourth-order valence-electron chi connectivity index (χ4n) is 2.72. The Morgan fingerprint density at radius 3 is 2.55 bits per heavy atom. The van der Waals surface area contributed by atoms with Crippen LogP contribution >= 0.6 is 22.6 Å². The maximum Gasteiger partial charge on any atom is 0.0731 e. The van der Waals surface area contributed by atoms with E-state index in [2.05, 4.69) is 83.1 Å². The van der Waals surface area contributed by atoms with Gasteiger partial charge in [0.15, 0.2) is 0 Å². The second kappa shape index (κ2) is 6.75. The molecule has 0 aliphatic carbocycles. The summed E-state index contributed by atoms with van der Waals surface area (Å²) >= 11 is 2.37. The molecular weight excluding hydrogens is 383 g/mol. The van der Waals surface area contributed by atoms with E-state index in [9.17, 15) is 0 Å². The Morgan fingerprint density at radius 1 is 0.955 bits per heavy atom. The van der Waals surface area contributed by atoms with Crippen molar-refractivity contribution in [2.45, 2.75) is 26.9 Å². The lowest BCUT2D eigenvalue weighted by atomic mass is 10.1. The minimum Gasteiger partial charge on any atom is -0.309 e. The van der Waals surface area contributed by atoms with Crippen LogP contribution in [0.4, 0.5) is 0 Å². The summed E-state index contributed by atoms with van der Waals surface area (Å²) in [4.78, 5) is 4.45. The highest BCUT2D eigenvalue weighted by Gasteiger charge is 2.02. The van der Waals surface area contributed by atoms with Crippen molar-refractivity contribution in [3.63, 3.8) is 0 Å². The van der Waals surface area contributed by atoms with Gasteiger partial charge in [0.25, 0.3) is 0 Å². The number of nitrogens with zero attached hydrogens (tertiary/aromatic N) is 1. The minimum absolute atomic E-state index is 0.872. The Bertz CT molecular complexity index is 812. The number of hydrogen-bond donors (Lipinski definition) is 1. The first-order valence-corrected chi connectivity index (χ1v) is 8.51. The molecule has 2 aromatic carbocycles. The highest BCUT2D eigenvalue weighted by atomic mass is 127. The van der Waals surface area contributed by atoms with Gasteiger partial charge in [0, 0.05) is 28.2 Å². The van der Waals surface area contributed by atoms with Crippen LogP contribution in [-0.4, -0.2) is 4.98 Å². The summed E-state index contributed by atoms with van der Waals surface area (Å²) in [5.74, 6) is 0. The molecule has 0 aliphatic rings. The molecule has 0 saturated carbocycles. The van der Waals surface area contributed by atoms with E-state index in [-0.39, 0.29) is 0 Å². The first-order valence-electron chi connectivity index (χ1n) is 7.43. The number of aromatic nitrogens is 1. The average Bonchev–Trinajstić information content (AvgIpc) is 2.51. The summed E-state index contributed by atoms with van der Waals surface area (Å²) in [5, 5.41) is 4.75. The molecule has 3 rings (SSSR count). The Balaban J connectivity index is 1.70. The Kier molecular flexibility index (Phi) is 4.74. The standard InChI is InChI=1S/C19H19IN2/c1-13-8-15(5-6-18(13)20)11-21-12-16-9-14(2)19-17(10-16)4-3-7-22-19/h3-10,21H,11-12H2,1-2H3. The van der Waals surface area contributed by atoms with E-state index >= 15 is 0 Å². The second-order valence-corrected chi connectivity index (χ2v) is 6.84. The Morgan fingerprint density at radius 2 is 1.73 bits per heavy atom. The Labute approximate surface area is 145 Å². The zero-order chi connectivity index (χ0) is 15.5. The number of rotatable bonds is 4. The van der Waals surface area contributed by atoms with Crippen molar-refractivity contribution in [1.82, 2.24) is 10.3 Å². The number of hydrogen-bond acceptors (Lipinski definition) is 2. The van der Waals surface area contributed by atoms with Crippen LogP contribution < -0.4 is 5.32 Å². The van der Waals surface area contributed by atoms with E-state index < -0.39 is 0 Å². The third-order valence-electron chi connectivity index (χ3n) is 3.84. The molecule has 0 atom stereocenters. The number of aryl methyl sites for hydroxylation is 2. The van der Waals surface area contributed by atoms with Gasteiger partial charge in [-0.2, -0.15) is 0 Å². The van der Waals surface area contributed by atoms with Crippen molar-refractivity contribution in [3.8, 4) is 0 Å². The first-order chi connectivity index (χ1) is 10.6. The molecule has 112 valence electrons. The van der Waals surface area contributed by atoms with Crippen molar-refractivity contribution in [1.29, 1.82) is 0 Å². The van der Waals surface area contributed by atoms with Gasteiger partial charge in [-0.1, -0.05) is 24.3 Å². The van der Waals surface area contributed by atoms with Crippen LogP contribution in [0.25, 0.3) is 10.9 Å². The van der Waals surface area contributed by atoms with Gasteiger partial charge >= 0.3 is 0 Å². The number of pyridine rings is 1. The van der Waals surface area contributed by atoms with Crippen molar-refractivity contribution in [2.24, 2.45) is 0 Å². The zero-order valence-corrected chi connectivity index (χ0v) is 15.0. The van der Waals surface area contributed by atoms with E-state index in [0.717, 1.165) is 18.6 Å². The van der Waals surface area contributed by atoms with Gasteiger partial charge in [0.2, 0.25) is 0 Å². The van der Waals surface area contributed by atoms with Gasteiger partial charge in [-0.3, -0.25) is 4.98 Å². The molecule has 0 bridgehead atoms. The molecule has 0 amide bonds. The van der Waals surface area contributed by atoms with Crippen LogP contribution in [0.5, 0.6) is 0 Å². The van der Waals surface area contributed by atoms with Gasteiger partial charge < -0.3 is 5.32 Å². The van der Waals surface area contributed by atoms with Gasteiger partial charge in [-0.05, 0) is 76.9 Å². The molecule has 0 spiro atoms. The number of nitrogens with one attached hydrogen (secondary N) is 1. The van der Waals surface area contributed by atoms with Crippen molar-refractivity contribution < 1.29 is 0 Å². The summed E-state index contributed by atoms with van der Waals surface area (Å²) in [6, 6.07) is 15.2. The molecule has 0 unspecified atom stereocenters. The molecule has 0 fully saturated rings. The third kappa shape index (κ3) is 3.47. The lowest BCUT2D eigenvalue weighted by Crippen LogP contribution is -2.13. The summed E-state index contributed by atoms with van der Waals surface area (Å²) in [7, 11) is 0. The topological polar surface area (TPSA) is 24.9 Å². The van der Waals surface area contributed by atoms with Crippen LogP contribution in [0.2, 0.25) is 0 Å². The number of benzene rings is 2. The van der Waals surface area contributed by atoms with Crippen molar-refractivity contribution >= 4 is 33.5 Å². The van der Waals surface area contributed by atoms with Crippen molar-refractivity contribution in [3.05, 3.63) is 74.5 Å². The average molecular weight is 402 g/mol. The molecule has 2 nitrogen and oxygen atoms in total. The molecular formula is C19H19IN2. The fourth-order valence-corrected chi connectivity index (χ4v) is 3.06. The molecule has 0 radical (unpaired) electrons. The van der Waals surface area contributed by atoms with E-state index in [4.69, 9.17) is 0 Å². The van der Waals surface area contributed by atoms with Gasteiger partial charge in [0.05, 0.1) is 5.52 Å². The number of fused-ring (bicyclic) bond motifs is 1. The van der Waals surface area contributed by atoms with Gasteiger partial charge in [-0.25, -0.2) is 0 Å². The molecule has 3 aromatic rings. The highest BCUT2D eigenvalue weighted by molar-refractivity contribution is 14.1. The summed E-state index contributed by atoms with van der Waals surface area (Å²) in [5.41, 5.74) is 6.31. The van der Waals surface area contributed by atoms with Crippen LogP contribution in [0.3, 0.4) is 0 Å². The summed E-state index contributed by atoms with van der Waals surface area (Å²) in [6.07, 6.45) is 1.85. The Hall–Kier alpha value is -1.46. The molecule has 22 heavy (non-hydrogen) atoms. The maximum absolute atomic E-state index is 4.45. The third-order valence-corrected chi connectivity index (χ3v) is 5.05. The van der Waals surface area contributed by atoms with E-state index in [1.165, 1.54) is 31.2 Å². The van der Waals surface area contributed by atoms with Gasteiger partial charge in [0.1, 0.15) is 0 Å². The van der Waals surface area contributed by atoms with Gasteiger partial charge in [-0.15, -0.1) is 0 Å². The lowest BCUT2D eigenvalue weighted by molar-refractivity contribution is 0.693. The van der Waals surface area contributed by atoms with Crippen LogP contribution in [0.1, 0.15) is 22.3 Å². The molecule has 1 heterocycles. The predicted molar refractivity (Wildman–Crippen MR) is 101 cm³/mol. The largest absolute Gasteiger partial charge is 0.309 e.